The molecular weight excluding hydrogens is 346 g/mol. The van der Waals surface area contributed by atoms with Gasteiger partial charge in [-0.1, -0.05) is 34.0 Å². The molecule has 2 rings (SSSR count). The summed E-state index contributed by atoms with van der Waals surface area (Å²) in [5.74, 6) is 3.30. The Kier molecular flexibility index (Phi) is 6.04. The normalized spacial score (nSPS) is 9.95. The van der Waals surface area contributed by atoms with E-state index in [-0.39, 0.29) is 6.61 Å². The van der Waals surface area contributed by atoms with Gasteiger partial charge in [-0.3, -0.25) is 0 Å². The Bertz CT molecular complexity index is 651. The number of terminal acetylenes is 1. The van der Waals surface area contributed by atoms with Gasteiger partial charge >= 0.3 is 0 Å². The number of anilines is 1. The average Bonchev–Trinajstić information content (AvgIpc) is 2.52. The van der Waals surface area contributed by atoms with Crippen LogP contribution in [-0.2, 0) is 6.54 Å². The molecule has 0 radical (unpaired) electrons. The summed E-state index contributed by atoms with van der Waals surface area (Å²) < 4.78 is 6.60. The van der Waals surface area contributed by atoms with E-state index in [0.717, 1.165) is 21.5 Å². The second kappa shape index (κ2) is 8.02. The minimum Gasteiger partial charge on any atom is -0.481 e. The van der Waals surface area contributed by atoms with Crippen LogP contribution in [0, 0.1) is 12.3 Å². The number of hydrogen-bond donors (Lipinski definition) is 1. The van der Waals surface area contributed by atoms with Gasteiger partial charge in [-0.25, -0.2) is 0 Å². The summed E-state index contributed by atoms with van der Waals surface area (Å²) in [4.78, 5) is 1.22. The summed E-state index contributed by atoms with van der Waals surface area (Å²) in [7, 11) is 0. The molecule has 0 amide bonds. The summed E-state index contributed by atoms with van der Waals surface area (Å²) in [6, 6.07) is 14.2. The van der Waals surface area contributed by atoms with Gasteiger partial charge in [0.25, 0.3) is 0 Å². The molecule has 108 valence electrons. The summed E-state index contributed by atoms with van der Waals surface area (Å²) in [6.45, 7) is 0.951. The van der Waals surface area contributed by atoms with E-state index in [1.807, 2.05) is 30.3 Å². The summed E-state index contributed by atoms with van der Waals surface area (Å²) in [6.07, 6.45) is 7.33. The first-order valence-corrected chi connectivity index (χ1v) is 8.48. The van der Waals surface area contributed by atoms with Crippen LogP contribution in [0.4, 0.5) is 5.69 Å². The third-order valence-electron chi connectivity index (χ3n) is 2.91. The topological polar surface area (TPSA) is 21.3 Å². The number of ether oxygens (including phenoxy) is 1. The lowest BCUT2D eigenvalue weighted by Gasteiger charge is -2.14. The van der Waals surface area contributed by atoms with Crippen molar-refractivity contribution in [3.05, 3.63) is 52.5 Å². The molecule has 0 saturated carbocycles. The largest absolute Gasteiger partial charge is 0.481 e. The van der Waals surface area contributed by atoms with E-state index >= 15 is 0 Å². The SMILES string of the molecule is C#CCOc1ccc(Br)cc1CNc1ccccc1SC. The maximum Gasteiger partial charge on any atom is 0.148 e. The van der Waals surface area contributed by atoms with Gasteiger partial charge in [0, 0.05) is 27.2 Å². The Hall–Kier alpha value is -1.57. The first kappa shape index (κ1) is 15.8. The third-order valence-corrected chi connectivity index (χ3v) is 4.20. The minimum absolute atomic E-state index is 0.274. The highest BCUT2D eigenvalue weighted by molar-refractivity contribution is 9.10. The lowest BCUT2D eigenvalue weighted by molar-refractivity contribution is 0.366. The molecule has 1 N–H and O–H groups in total. The molecule has 0 aromatic heterocycles. The van der Waals surface area contributed by atoms with Gasteiger partial charge in [-0.2, -0.15) is 0 Å². The van der Waals surface area contributed by atoms with Crippen LogP contribution in [-0.4, -0.2) is 12.9 Å². The zero-order valence-electron chi connectivity index (χ0n) is 11.7. The van der Waals surface area contributed by atoms with Crippen molar-refractivity contribution in [3.63, 3.8) is 0 Å². The van der Waals surface area contributed by atoms with Crippen molar-refractivity contribution < 1.29 is 4.74 Å². The smallest absolute Gasteiger partial charge is 0.148 e. The van der Waals surface area contributed by atoms with E-state index in [1.54, 1.807) is 11.8 Å². The lowest BCUT2D eigenvalue weighted by atomic mass is 10.2. The van der Waals surface area contributed by atoms with Crippen molar-refractivity contribution in [2.45, 2.75) is 11.4 Å². The molecule has 0 spiro atoms. The number of benzene rings is 2. The Labute approximate surface area is 138 Å². The van der Waals surface area contributed by atoms with Crippen molar-refractivity contribution in [3.8, 4) is 18.1 Å². The molecule has 0 aliphatic carbocycles. The molecule has 2 aromatic carbocycles. The highest BCUT2D eigenvalue weighted by Crippen LogP contribution is 2.28. The van der Waals surface area contributed by atoms with E-state index in [4.69, 9.17) is 11.2 Å². The summed E-state index contributed by atoms with van der Waals surface area (Å²) >= 11 is 5.21. The standard InChI is InChI=1S/C17H16BrNOS/c1-3-10-20-16-9-8-14(18)11-13(16)12-19-15-6-4-5-7-17(15)21-2/h1,4-9,11,19H,10,12H2,2H3. The van der Waals surface area contributed by atoms with Gasteiger partial charge in [0.15, 0.2) is 0 Å². The maximum atomic E-state index is 5.58. The molecule has 0 aliphatic rings. The average molecular weight is 362 g/mol. The summed E-state index contributed by atoms with van der Waals surface area (Å²) in [5, 5.41) is 3.45. The van der Waals surface area contributed by atoms with Gasteiger partial charge < -0.3 is 10.1 Å². The molecular formula is C17H16BrNOS. The molecule has 4 heteroatoms. The highest BCUT2D eigenvalue weighted by atomic mass is 79.9. The summed E-state index contributed by atoms with van der Waals surface area (Å²) in [5.41, 5.74) is 2.18. The first-order valence-electron chi connectivity index (χ1n) is 6.46. The number of halogens is 1. The number of para-hydroxylation sites is 1. The van der Waals surface area contributed by atoms with Gasteiger partial charge in [-0.05, 0) is 36.6 Å². The van der Waals surface area contributed by atoms with Crippen LogP contribution >= 0.6 is 27.7 Å². The third kappa shape index (κ3) is 4.45. The Morgan fingerprint density at radius 3 is 2.86 bits per heavy atom. The predicted molar refractivity (Wildman–Crippen MR) is 94.0 cm³/mol. The fourth-order valence-electron chi connectivity index (χ4n) is 1.93. The number of hydrogen-bond acceptors (Lipinski definition) is 3. The molecule has 0 saturated heterocycles. The van der Waals surface area contributed by atoms with Crippen molar-refractivity contribution in [2.24, 2.45) is 0 Å². The Morgan fingerprint density at radius 1 is 1.29 bits per heavy atom. The van der Waals surface area contributed by atoms with E-state index in [2.05, 4.69) is 45.6 Å². The van der Waals surface area contributed by atoms with Gasteiger partial charge in [0.05, 0.1) is 0 Å². The molecule has 0 aliphatic heterocycles. The van der Waals surface area contributed by atoms with E-state index in [0.29, 0.717) is 6.54 Å². The second-order valence-corrected chi connectivity index (χ2v) is 6.06. The van der Waals surface area contributed by atoms with E-state index < -0.39 is 0 Å². The second-order valence-electron chi connectivity index (χ2n) is 4.30. The Balaban J connectivity index is 2.15. The van der Waals surface area contributed by atoms with Crippen LogP contribution in [0.5, 0.6) is 5.75 Å². The van der Waals surface area contributed by atoms with Crippen LogP contribution in [0.25, 0.3) is 0 Å². The van der Waals surface area contributed by atoms with Gasteiger partial charge in [0.1, 0.15) is 12.4 Å². The molecule has 0 atom stereocenters. The molecule has 0 fully saturated rings. The van der Waals surface area contributed by atoms with Crippen molar-refractivity contribution in [2.75, 3.05) is 18.2 Å². The molecule has 21 heavy (non-hydrogen) atoms. The maximum absolute atomic E-state index is 5.58. The molecule has 0 bridgehead atoms. The van der Waals surface area contributed by atoms with Crippen LogP contribution in [0.2, 0.25) is 0 Å². The van der Waals surface area contributed by atoms with Gasteiger partial charge in [-0.15, -0.1) is 18.2 Å². The Morgan fingerprint density at radius 2 is 2.10 bits per heavy atom. The van der Waals surface area contributed by atoms with Crippen molar-refractivity contribution in [1.29, 1.82) is 0 Å². The zero-order chi connectivity index (χ0) is 15.1. The zero-order valence-corrected chi connectivity index (χ0v) is 14.1. The molecule has 2 aromatic rings. The first-order chi connectivity index (χ1) is 10.2. The van der Waals surface area contributed by atoms with E-state index in [1.165, 1.54) is 4.90 Å². The fourth-order valence-corrected chi connectivity index (χ4v) is 2.91. The number of rotatable bonds is 6. The van der Waals surface area contributed by atoms with Crippen LogP contribution in [0.1, 0.15) is 5.56 Å². The highest BCUT2D eigenvalue weighted by Gasteiger charge is 2.06. The monoisotopic (exact) mass is 361 g/mol. The van der Waals surface area contributed by atoms with Crippen molar-refractivity contribution >= 4 is 33.4 Å². The quantitative estimate of drug-likeness (QED) is 0.589. The predicted octanol–water partition coefficient (Wildman–Crippen LogP) is 4.80. The van der Waals surface area contributed by atoms with Crippen LogP contribution in [0.3, 0.4) is 0 Å². The van der Waals surface area contributed by atoms with Crippen LogP contribution < -0.4 is 10.1 Å². The van der Waals surface area contributed by atoms with Crippen LogP contribution in [0.15, 0.2) is 51.8 Å². The van der Waals surface area contributed by atoms with E-state index in [9.17, 15) is 0 Å². The molecule has 2 nitrogen and oxygen atoms in total. The molecule has 0 heterocycles. The fraction of sp³-hybridized carbons (Fsp3) is 0.176. The van der Waals surface area contributed by atoms with Crippen molar-refractivity contribution in [1.82, 2.24) is 0 Å². The minimum atomic E-state index is 0.274. The molecule has 0 unspecified atom stereocenters. The number of nitrogens with one attached hydrogen (secondary N) is 1. The number of thioether (sulfide) groups is 1. The van der Waals surface area contributed by atoms with Gasteiger partial charge in [0.2, 0.25) is 0 Å². The lowest BCUT2D eigenvalue weighted by Crippen LogP contribution is -2.04.